The Morgan fingerprint density at radius 2 is 2.33 bits per heavy atom. The van der Waals surface area contributed by atoms with Gasteiger partial charge in [-0.1, -0.05) is 6.42 Å². The van der Waals surface area contributed by atoms with Crippen LogP contribution in [0, 0.1) is 5.92 Å². The van der Waals surface area contributed by atoms with Gasteiger partial charge in [-0.2, -0.15) is 0 Å². The predicted octanol–water partition coefficient (Wildman–Crippen LogP) is 0.980. The summed E-state index contributed by atoms with van der Waals surface area (Å²) < 4.78 is 1.98. The number of imidazole rings is 1. The molecule has 1 saturated carbocycles. The fourth-order valence-corrected chi connectivity index (χ4v) is 2.65. The third-order valence-corrected chi connectivity index (χ3v) is 3.70. The highest BCUT2D eigenvalue weighted by Gasteiger charge is 2.24. The van der Waals surface area contributed by atoms with Crippen molar-refractivity contribution in [3.8, 4) is 0 Å². The summed E-state index contributed by atoms with van der Waals surface area (Å²) in [6.45, 7) is 1.63. The topological polar surface area (TPSA) is 62.5 Å². The molecule has 0 aliphatic heterocycles. The highest BCUT2D eigenvalue weighted by molar-refractivity contribution is 5.30. The van der Waals surface area contributed by atoms with Gasteiger partial charge in [-0.3, -0.25) is 4.40 Å². The monoisotopic (exact) mass is 246 g/mol. The number of rotatable bonds is 4. The average molecular weight is 246 g/mol. The van der Waals surface area contributed by atoms with Crippen LogP contribution in [-0.4, -0.2) is 32.1 Å². The van der Waals surface area contributed by atoms with E-state index in [4.69, 9.17) is 0 Å². The number of aliphatic hydroxyl groups excluding tert-OH is 1. The minimum atomic E-state index is -0.124. The van der Waals surface area contributed by atoms with Gasteiger partial charge in [0.1, 0.15) is 0 Å². The smallest absolute Gasteiger partial charge is 0.233 e. The van der Waals surface area contributed by atoms with E-state index >= 15 is 0 Å². The SMILES string of the molecule is OC1CCCC1CNCc1cnc2ncccn12. The summed E-state index contributed by atoms with van der Waals surface area (Å²) in [4.78, 5) is 8.43. The standard InChI is InChI=1S/C13H18N4O/c18-12-4-1-3-10(12)7-14-8-11-9-16-13-15-5-2-6-17(11)13/h2,5-6,9-10,12,14,18H,1,3-4,7-8H2. The molecule has 96 valence electrons. The minimum Gasteiger partial charge on any atom is -0.393 e. The maximum Gasteiger partial charge on any atom is 0.233 e. The maximum absolute atomic E-state index is 9.75. The number of hydrogen-bond acceptors (Lipinski definition) is 4. The van der Waals surface area contributed by atoms with Crippen LogP contribution in [0.25, 0.3) is 5.78 Å². The molecule has 0 amide bonds. The van der Waals surface area contributed by atoms with Gasteiger partial charge in [0.2, 0.25) is 5.78 Å². The Morgan fingerprint density at radius 1 is 1.39 bits per heavy atom. The fraction of sp³-hybridized carbons (Fsp3) is 0.538. The number of nitrogens with one attached hydrogen (secondary N) is 1. The van der Waals surface area contributed by atoms with Crippen molar-refractivity contribution in [2.24, 2.45) is 5.92 Å². The van der Waals surface area contributed by atoms with Gasteiger partial charge in [-0.05, 0) is 24.8 Å². The van der Waals surface area contributed by atoms with E-state index < -0.39 is 0 Å². The zero-order valence-electron chi connectivity index (χ0n) is 10.3. The van der Waals surface area contributed by atoms with Crippen LogP contribution >= 0.6 is 0 Å². The van der Waals surface area contributed by atoms with Gasteiger partial charge in [0.25, 0.3) is 0 Å². The molecule has 2 unspecified atom stereocenters. The zero-order chi connectivity index (χ0) is 12.4. The Bertz CT molecular complexity index is 524. The first kappa shape index (κ1) is 11.6. The summed E-state index contributed by atoms with van der Waals surface area (Å²) in [5.74, 6) is 1.14. The van der Waals surface area contributed by atoms with E-state index in [0.717, 1.165) is 43.8 Å². The first-order chi connectivity index (χ1) is 8.84. The van der Waals surface area contributed by atoms with Crippen LogP contribution in [0.4, 0.5) is 0 Å². The van der Waals surface area contributed by atoms with Gasteiger partial charge in [0, 0.05) is 25.5 Å². The fourth-order valence-electron chi connectivity index (χ4n) is 2.65. The molecule has 0 radical (unpaired) electrons. The molecule has 2 atom stereocenters. The first-order valence-corrected chi connectivity index (χ1v) is 6.50. The second kappa shape index (κ2) is 5.04. The molecule has 0 bridgehead atoms. The Balaban J connectivity index is 1.60. The normalized spacial score (nSPS) is 23.8. The van der Waals surface area contributed by atoms with Gasteiger partial charge in [-0.25, -0.2) is 9.97 Å². The first-order valence-electron chi connectivity index (χ1n) is 6.50. The molecule has 1 aliphatic carbocycles. The third-order valence-electron chi connectivity index (χ3n) is 3.70. The maximum atomic E-state index is 9.75. The van der Waals surface area contributed by atoms with Crippen molar-refractivity contribution in [2.45, 2.75) is 31.9 Å². The van der Waals surface area contributed by atoms with E-state index in [2.05, 4.69) is 15.3 Å². The molecule has 0 spiro atoms. The highest BCUT2D eigenvalue weighted by atomic mass is 16.3. The van der Waals surface area contributed by atoms with Crippen LogP contribution in [0.2, 0.25) is 0 Å². The molecule has 5 heteroatoms. The van der Waals surface area contributed by atoms with Gasteiger partial charge in [-0.15, -0.1) is 0 Å². The number of nitrogens with zero attached hydrogens (tertiary/aromatic N) is 3. The molecule has 2 aromatic rings. The highest BCUT2D eigenvalue weighted by Crippen LogP contribution is 2.24. The lowest BCUT2D eigenvalue weighted by atomic mass is 10.1. The van der Waals surface area contributed by atoms with Crippen molar-refractivity contribution in [1.82, 2.24) is 19.7 Å². The summed E-state index contributed by atoms with van der Waals surface area (Å²) in [5, 5.41) is 13.2. The lowest BCUT2D eigenvalue weighted by molar-refractivity contribution is 0.131. The molecular weight excluding hydrogens is 228 g/mol. The Kier molecular flexibility index (Phi) is 3.25. The molecule has 5 nitrogen and oxygen atoms in total. The van der Waals surface area contributed by atoms with Crippen LogP contribution in [0.5, 0.6) is 0 Å². The zero-order valence-corrected chi connectivity index (χ0v) is 10.3. The van der Waals surface area contributed by atoms with E-state index in [1.165, 1.54) is 0 Å². The quantitative estimate of drug-likeness (QED) is 0.844. The van der Waals surface area contributed by atoms with Crippen LogP contribution < -0.4 is 5.32 Å². The van der Waals surface area contributed by atoms with E-state index in [-0.39, 0.29) is 6.10 Å². The Hall–Kier alpha value is -1.46. The number of aliphatic hydroxyl groups is 1. The molecule has 2 aromatic heterocycles. The summed E-state index contributed by atoms with van der Waals surface area (Å²) in [6.07, 6.45) is 8.66. The number of fused-ring (bicyclic) bond motifs is 1. The lowest BCUT2D eigenvalue weighted by Gasteiger charge is -2.14. The predicted molar refractivity (Wildman–Crippen MR) is 68.0 cm³/mol. The van der Waals surface area contributed by atoms with E-state index in [1.807, 2.05) is 22.9 Å². The van der Waals surface area contributed by atoms with Crippen molar-refractivity contribution < 1.29 is 5.11 Å². The van der Waals surface area contributed by atoms with Crippen molar-refractivity contribution >= 4 is 5.78 Å². The average Bonchev–Trinajstić information content (AvgIpc) is 2.97. The van der Waals surface area contributed by atoms with E-state index in [9.17, 15) is 5.11 Å². The Labute approximate surface area is 106 Å². The summed E-state index contributed by atoms with van der Waals surface area (Å²) in [7, 11) is 0. The molecular formula is C13H18N4O. The molecule has 2 heterocycles. The molecule has 0 aromatic carbocycles. The van der Waals surface area contributed by atoms with Crippen molar-refractivity contribution in [2.75, 3.05) is 6.54 Å². The molecule has 1 fully saturated rings. The van der Waals surface area contributed by atoms with Crippen LogP contribution in [0.3, 0.4) is 0 Å². The lowest BCUT2D eigenvalue weighted by Crippen LogP contribution is -2.27. The summed E-state index contributed by atoms with van der Waals surface area (Å²) in [6, 6.07) is 1.90. The molecule has 18 heavy (non-hydrogen) atoms. The van der Waals surface area contributed by atoms with Gasteiger partial charge >= 0.3 is 0 Å². The largest absolute Gasteiger partial charge is 0.393 e. The number of hydrogen-bond donors (Lipinski definition) is 2. The second-order valence-corrected chi connectivity index (χ2v) is 4.93. The van der Waals surface area contributed by atoms with Crippen molar-refractivity contribution in [3.63, 3.8) is 0 Å². The number of aromatic nitrogens is 3. The summed E-state index contributed by atoms with van der Waals surface area (Å²) in [5.41, 5.74) is 1.10. The Morgan fingerprint density at radius 3 is 3.17 bits per heavy atom. The third kappa shape index (κ3) is 2.23. The van der Waals surface area contributed by atoms with Crippen LogP contribution in [0.15, 0.2) is 24.7 Å². The van der Waals surface area contributed by atoms with Gasteiger partial charge in [0.15, 0.2) is 0 Å². The van der Waals surface area contributed by atoms with Crippen LogP contribution in [0.1, 0.15) is 25.0 Å². The van der Waals surface area contributed by atoms with Crippen molar-refractivity contribution in [3.05, 3.63) is 30.4 Å². The van der Waals surface area contributed by atoms with Crippen molar-refractivity contribution in [1.29, 1.82) is 0 Å². The molecule has 2 N–H and O–H groups in total. The van der Waals surface area contributed by atoms with Gasteiger partial charge in [0.05, 0.1) is 18.0 Å². The van der Waals surface area contributed by atoms with E-state index in [0.29, 0.717) is 5.92 Å². The second-order valence-electron chi connectivity index (χ2n) is 4.93. The molecule has 1 aliphatic rings. The van der Waals surface area contributed by atoms with E-state index in [1.54, 1.807) is 6.20 Å². The van der Waals surface area contributed by atoms with Crippen LogP contribution in [-0.2, 0) is 6.54 Å². The minimum absolute atomic E-state index is 0.124. The van der Waals surface area contributed by atoms with Gasteiger partial charge < -0.3 is 10.4 Å². The molecule has 0 saturated heterocycles. The molecule has 3 rings (SSSR count). The summed E-state index contributed by atoms with van der Waals surface area (Å²) >= 11 is 0.